The zero-order valence-electron chi connectivity index (χ0n) is 10.5. The molecule has 0 aromatic carbocycles. The van der Waals surface area contributed by atoms with E-state index in [1.54, 1.807) is 18.3 Å². The third kappa shape index (κ3) is 2.84. The smallest absolute Gasteiger partial charge is 0.276 e. The lowest BCUT2D eigenvalue weighted by Crippen LogP contribution is -2.16. The molecular weight excluding hydrogens is 294 g/mol. The third-order valence-electron chi connectivity index (χ3n) is 2.51. The van der Waals surface area contributed by atoms with Crippen LogP contribution in [0.2, 0.25) is 5.15 Å². The van der Waals surface area contributed by atoms with Crippen molar-refractivity contribution in [1.82, 2.24) is 29.7 Å². The average Bonchev–Trinajstić information content (AvgIpc) is 3.02. The summed E-state index contributed by atoms with van der Waals surface area (Å²) < 4.78 is 1.44. The molecule has 9 heteroatoms. The van der Waals surface area contributed by atoms with Crippen molar-refractivity contribution >= 4 is 23.2 Å². The van der Waals surface area contributed by atoms with E-state index in [4.69, 9.17) is 11.6 Å². The Balaban J connectivity index is 1.90. The molecule has 0 saturated heterocycles. The van der Waals surface area contributed by atoms with Gasteiger partial charge in [0.15, 0.2) is 5.82 Å². The van der Waals surface area contributed by atoms with Crippen LogP contribution >= 0.6 is 11.6 Å². The molecule has 1 N–H and O–H groups in total. The van der Waals surface area contributed by atoms with Crippen molar-refractivity contribution in [2.24, 2.45) is 0 Å². The summed E-state index contributed by atoms with van der Waals surface area (Å²) in [5.41, 5.74) is 0.575. The topological polar surface area (TPSA) is 98.5 Å². The van der Waals surface area contributed by atoms with Crippen molar-refractivity contribution in [3.63, 3.8) is 0 Å². The molecular formula is C12H8ClN7O. The van der Waals surface area contributed by atoms with Crippen molar-refractivity contribution in [3.05, 3.63) is 54.2 Å². The zero-order valence-corrected chi connectivity index (χ0v) is 11.3. The number of aromatic nitrogens is 6. The van der Waals surface area contributed by atoms with Gasteiger partial charge in [-0.05, 0) is 12.1 Å². The number of hydrogen-bond acceptors (Lipinski definition) is 6. The van der Waals surface area contributed by atoms with Gasteiger partial charge in [-0.2, -0.15) is 5.10 Å². The summed E-state index contributed by atoms with van der Waals surface area (Å²) in [6, 6.07) is 3.39. The Labute approximate surface area is 123 Å². The maximum atomic E-state index is 12.1. The normalized spacial score (nSPS) is 10.3. The molecule has 0 radical (unpaired) electrons. The quantitative estimate of drug-likeness (QED) is 0.784. The van der Waals surface area contributed by atoms with E-state index in [9.17, 15) is 4.79 Å². The molecule has 0 aliphatic heterocycles. The Hall–Kier alpha value is -2.87. The van der Waals surface area contributed by atoms with E-state index in [1.165, 1.54) is 29.7 Å². The lowest BCUT2D eigenvalue weighted by molar-refractivity contribution is 0.102. The Morgan fingerprint density at radius 1 is 1.29 bits per heavy atom. The molecule has 21 heavy (non-hydrogen) atoms. The van der Waals surface area contributed by atoms with Gasteiger partial charge >= 0.3 is 0 Å². The maximum absolute atomic E-state index is 12.1. The lowest BCUT2D eigenvalue weighted by atomic mass is 10.3. The summed E-state index contributed by atoms with van der Waals surface area (Å²) in [6.07, 6.45) is 7.13. The first-order valence-corrected chi connectivity index (χ1v) is 6.21. The number of rotatable bonds is 3. The number of halogens is 1. The highest BCUT2D eigenvalue weighted by atomic mass is 35.5. The number of carbonyl (C=O) groups is 1. The van der Waals surface area contributed by atoms with Gasteiger partial charge in [0.1, 0.15) is 23.5 Å². The number of anilines is 1. The van der Waals surface area contributed by atoms with E-state index in [1.807, 2.05) is 0 Å². The van der Waals surface area contributed by atoms with Crippen LogP contribution in [0.4, 0.5) is 5.69 Å². The maximum Gasteiger partial charge on any atom is 0.276 e. The monoisotopic (exact) mass is 301 g/mol. The molecule has 3 rings (SSSR count). The number of hydrogen-bond donors (Lipinski definition) is 1. The number of amides is 1. The van der Waals surface area contributed by atoms with Crippen molar-refractivity contribution in [1.29, 1.82) is 0 Å². The predicted octanol–water partition coefficient (Wildman–Crippen LogP) is 1.36. The van der Waals surface area contributed by atoms with Crippen molar-refractivity contribution in [2.45, 2.75) is 0 Å². The highest BCUT2D eigenvalue weighted by molar-refractivity contribution is 6.29. The van der Waals surface area contributed by atoms with Gasteiger partial charge in [-0.1, -0.05) is 11.6 Å². The first-order chi connectivity index (χ1) is 10.2. The van der Waals surface area contributed by atoms with Crippen molar-refractivity contribution in [2.75, 3.05) is 5.32 Å². The molecule has 1 amide bonds. The molecule has 0 atom stereocenters. The fourth-order valence-corrected chi connectivity index (χ4v) is 1.78. The molecule has 0 aliphatic rings. The molecule has 0 unspecified atom stereocenters. The van der Waals surface area contributed by atoms with E-state index >= 15 is 0 Å². The van der Waals surface area contributed by atoms with Gasteiger partial charge in [0, 0.05) is 6.20 Å². The average molecular weight is 302 g/mol. The Morgan fingerprint density at radius 3 is 2.95 bits per heavy atom. The number of carbonyl (C=O) groups excluding carboxylic acids is 1. The summed E-state index contributed by atoms with van der Waals surface area (Å²) >= 11 is 5.72. The predicted molar refractivity (Wildman–Crippen MR) is 74.1 cm³/mol. The van der Waals surface area contributed by atoms with Gasteiger partial charge in [0.2, 0.25) is 0 Å². The molecule has 3 heterocycles. The van der Waals surface area contributed by atoms with Crippen LogP contribution in [0.5, 0.6) is 0 Å². The van der Waals surface area contributed by atoms with E-state index in [0.29, 0.717) is 11.5 Å². The van der Waals surface area contributed by atoms with Crippen molar-refractivity contribution < 1.29 is 4.79 Å². The summed E-state index contributed by atoms with van der Waals surface area (Å²) in [6.45, 7) is 0. The summed E-state index contributed by atoms with van der Waals surface area (Å²) in [5.74, 6) is -0.00213. The minimum atomic E-state index is -0.445. The molecule has 104 valence electrons. The summed E-state index contributed by atoms with van der Waals surface area (Å²) in [4.78, 5) is 27.9. The van der Waals surface area contributed by atoms with E-state index in [0.717, 1.165) is 0 Å². The van der Waals surface area contributed by atoms with E-state index in [-0.39, 0.29) is 10.8 Å². The second-order valence-electron chi connectivity index (χ2n) is 3.90. The minimum absolute atomic E-state index is 0.107. The largest absolute Gasteiger partial charge is 0.317 e. The van der Waals surface area contributed by atoms with Crippen LogP contribution in [0.25, 0.3) is 5.82 Å². The molecule has 3 aromatic heterocycles. The van der Waals surface area contributed by atoms with Gasteiger partial charge in [0.05, 0.1) is 18.1 Å². The molecule has 0 aliphatic carbocycles. The van der Waals surface area contributed by atoms with Crippen LogP contribution in [0.1, 0.15) is 10.5 Å². The van der Waals surface area contributed by atoms with E-state index in [2.05, 4.69) is 30.4 Å². The molecule has 0 bridgehead atoms. The van der Waals surface area contributed by atoms with Crippen molar-refractivity contribution in [3.8, 4) is 5.82 Å². The number of nitrogens with zero attached hydrogens (tertiary/aromatic N) is 6. The van der Waals surface area contributed by atoms with Crippen LogP contribution in [-0.2, 0) is 0 Å². The zero-order chi connectivity index (χ0) is 14.7. The van der Waals surface area contributed by atoms with E-state index < -0.39 is 5.91 Å². The van der Waals surface area contributed by atoms with Crippen LogP contribution in [0.15, 0.2) is 43.4 Å². The van der Waals surface area contributed by atoms with Gasteiger partial charge in [-0.15, -0.1) is 0 Å². The van der Waals surface area contributed by atoms with Crippen LogP contribution in [-0.4, -0.2) is 35.6 Å². The van der Waals surface area contributed by atoms with Gasteiger partial charge in [0.25, 0.3) is 5.91 Å². The highest BCUT2D eigenvalue weighted by Gasteiger charge is 2.13. The lowest BCUT2D eigenvalue weighted by Gasteiger charge is -2.09. The SMILES string of the molecule is O=C(Nc1cccnc1-n1cncn1)c1cncc(Cl)n1. The molecule has 3 aromatic rings. The number of pyridine rings is 1. The Morgan fingerprint density at radius 2 is 2.19 bits per heavy atom. The second-order valence-corrected chi connectivity index (χ2v) is 4.28. The fourth-order valence-electron chi connectivity index (χ4n) is 1.63. The minimum Gasteiger partial charge on any atom is -0.317 e. The van der Waals surface area contributed by atoms with Gasteiger partial charge in [-0.3, -0.25) is 9.78 Å². The van der Waals surface area contributed by atoms with Crippen LogP contribution < -0.4 is 5.32 Å². The van der Waals surface area contributed by atoms with Gasteiger partial charge in [-0.25, -0.2) is 19.6 Å². The summed E-state index contributed by atoms with van der Waals surface area (Å²) in [7, 11) is 0. The fraction of sp³-hybridized carbons (Fsp3) is 0. The highest BCUT2D eigenvalue weighted by Crippen LogP contribution is 2.16. The second kappa shape index (κ2) is 5.63. The molecule has 8 nitrogen and oxygen atoms in total. The van der Waals surface area contributed by atoms with Gasteiger partial charge < -0.3 is 5.32 Å². The third-order valence-corrected chi connectivity index (χ3v) is 2.69. The van der Waals surface area contributed by atoms with Crippen LogP contribution in [0.3, 0.4) is 0 Å². The Bertz CT molecular complexity index is 775. The molecule has 0 fully saturated rings. The molecule has 0 spiro atoms. The first-order valence-electron chi connectivity index (χ1n) is 5.83. The Kier molecular flexibility index (Phi) is 3.52. The molecule has 0 saturated carbocycles. The standard InChI is InChI=1S/C12H8ClN7O/c13-10-5-14-4-9(18-10)12(21)19-8-2-1-3-16-11(8)20-7-15-6-17-20/h1-7H,(H,19,21). The number of nitrogens with one attached hydrogen (secondary N) is 1. The summed E-state index contributed by atoms with van der Waals surface area (Å²) in [5, 5.41) is 6.82. The van der Waals surface area contributed by atoms with Crippen LogP contribution in [0, 0.1) is 0 Å². The first kappa shape index (κ1) is 13.1.